The van der Waals surface area contributed by atoms with E-state index in [1.54, 1.807) is 7.11 Å². The van der Waals surface area contributed by atoms with Gasteiger partial charge in [0.15, 0.2) is 11.5 Å². The first-order valence-electron chi connectivity index (χ1n) is 9.75. The minimum Gasteiger partial charge on any atom is -0.493 e. The second-order valence-electron chi connectivity index (χ2n) is 7.61. The standard InChI is InChI=1S/C22H28N2O2/c1-16-14-24(22-9-5-6-12-23-22)15-19(16)17-10-11-20(25-2)21(13-17)26-18-7-3-4-8-18/h5-6,9-13,16,18-19H,3-4,7-8,14-15H2,1-2H3/t16-,19+/m0/s1. The van der Waals surface area contributed by atoms with E-state index in [0.29, 0.717) is 17.9 Å². The Labute approximate surface area is 156 Å². The maximum atomic E-state index is 6.29. The Morgan fingerprint density at radius 1 is 1.04 bits per heavy atom. The summed E-state index contributed by atoms with van der Waals surface area (Å²) in [5, 5.41) is 0. The van der Waals surface area contributed by atoms with Crippen molar-refractivity contribution >= 4 is 5.82 Å². The van der Waals surface area contributed by atoms with Gasteiger partial charge < -0.3 is 14.4 Å². The predicted molar refractivity (Wildman–Crippen MR) is 104 cm³/mol. The summed E-state index contributed by atoms with van der Waals surface area (Å²) >= 11 is 0. The number of aromatic nitrogens is 1. The number of benzene rings is 1. The molecule has 2 heterocycles. The molecule has 0 spiro atoms. The summed E-state index contributed by atoms with van der Waals surface area (Å²) in [6, 6.07) is 12.6. The van der Waals surface area contributed by atoms with Crippen LogP contribution in [0, 0.1) is 5.92 Å². The van der Waals surface area contributed by atoms with Crippen LogP contribution in [0.15, 0.2) is 42.6 Å². The zero-order chi connectivity index (χ0) is 17.9. The maximum Gasteiger partial charge on any atom is 0.161 e. The zero-order valence-corrected chi connectivity index (χ0v) is 15.7. The van der Waals surface area contributed by atoms with E-state index in [1.807, 2.05) is 12.3 Å². The number of pyridine rings is 1. The van der Waals surface area contributed by atoms with Crippen molar-refractivity contribution in [2.75, 3.05) is 25.1 Å². The zero-order valence-electron chi connectivity index (χ0n) is 15.7. The predicted octanol–water partition coefficient (Wildman–Crippen LogP) is 4.65. The molecule has 1 saturated carbocycles. The van der Waals surface area contributed by atoms with Gasteiger partial charge in [-0.2, -0.15) is 0 Å². The average molecular weight is 352 g/mol. The van der Waals surface area contributed by atoms with Gasteiger partial charge in [-0.25, -0.2) is 4.98 Å². The van der Waals surface area contributed by atoms with Crippen LogP contribution >= 0.6 is 0 Å². The Bertz CT molecular complexity index is 728. The molecule has 1 aliphatic heterocycles. The van der Waals surface area contributed by atoms with Crippen LogP contribution < -0.4 is 14.4 Å². The lowest BCUT2D eigenvalue weighted by molar-refractivity contribution is 0.200. The number of ether oxygens (including phenoxy) is 2. The SMILES string of the molecule is COc1ccc([C@@H]2CN(c3ccccn3)C[C@@H]2C)cc1OC1CCCC1. The molecule has 1 aromatic carbocycles. The summed E-state index contributed by atoms with van der Waals surface area (Å²) in [7, 11) is 1.72. The van der Waals surface area contributed by atoms with Crippen molar-refractivity contribution in [2.45, 2.75) is 44.6 Å². The molecule has 4 heteroatoms. The largest absolute Gasteiger partial charge is 0.493 e. The van der Waals surface area contributed by atoms with Gasteiger partial charge in [0.25, 0.3) is 0 Å². The molecular weight excluding hydrogens is 324 g/mol. The van der Waals surface area contributed by atoms with Gasteiger partial charge in [0, 0.05) is 25.2 Å². The third-order valence-corrected chi connectivity index (χ3v) is 5.80. The Morgan fingerprint density at radius 3 is 2.62 bits per heavy atom. The summed E-state index contributed by atoms with van der Waals surface area (Å²) in [6.07, 6.45) is 7.05. The van der Waals surface area contributed by atoms with Gasteiger partial charge in [0.1, 0.15) is 5.82 Å². The van der Waals surface area contributed by atoms with E-state index in [9.17, 15) is 0 Å². The van der Waals surface area contributed by atoms with Crippen LogP contribution in [-0.4, -0.2) is 31.3 Å². The van der Waals surface area contributed by atoms with Gasteiger partial charge in [-0.3, -0.25) is 0 Å². The highest BCUT2D eigenvalue weighted by molar-refractivity contribution is 5.47. The molecule has 0 unspecified atom stereocenters. The lowest BCUT2D eigenvalue weighted by atomic mass is 9.90. The fourth-order valence-corrected chi connectivity index (χ4v) is 4.33. The fraction of sp³-hybridized carbons (Fsp3) is 0.500. The average Bonchev–Trinajstić information content (AvgIpc) is 3.32. The van der Waals surface area contributed by atoms with Gasteiger partial charge >= 0.3 is 0 Å². The Kier molecular flexibility index (Phi) is 5.00. The molecular formula is C22H28N2O2. The van der Waals surface area contributed by atoms with Crippen LogP contribution in [0.3, 0.4) is 0 Å². The number of anilines is 1. The molecule has 0 amide bonds. The van der Waals surface area contributed by atoms with Crippen molar-refractivity contribution in [3.05, 3.63) is 48.2 Å². The van der Waals surface area contributed by atoms with E-state index in [2.05, 4.69) is 47.1 Å². The van der Waals surface area contributed by atoms with E-state index in [-0.39, 0.29) is 0 Å². The van der Waals surface area contributed by atoms with Crippen molar-refractivity contribution in [3.8, 4) is 11.5 Å². The third-order valence-electron chi connectivity index (χ3n) is 5.80. The number of methoxy groups -OCH3 is 1. The Morgan fingerprint density at radius 2 is 1.88 bits per heavy atom. The molecule has 1 saturated heterocycles. The lowest BCUT2D eigenvalue weighted by Gasteiger charge is -2.20. The van der Waals surface area contributed by atoms with E-state index in [0.717, 1.165) is 43.2 Å². The molecule has 2 atom stereocenters. The lowest BCUT2D eigenvalue weighted by Crippen LogP contribution is -2.20. The molecule has 26 heavy (non-hydrogen) atoms. The van der Waals surface area contributed by atoms with Gasteiger partial charge in [0.05, 0.1) is 13.2 Å². The van der Waals surface area contributed by atoms with Gasteiger partial charge in [0.2, 0.25) is 0 Å². The van der Waals surface area contributed by atoms with E-state index in [4.69, 9.17) is 9.47 Å². The van der Waals surface area contributed by atoms with E-state index >= 15 is 0 Å². The summed E-state index contributed by atoms with van der Waals surface area (Å²) < 4.78 is 11.8. The molecule has 2 aliphatic rings. The molecule has 138 valence electrons. The Balaban J connectivity index is 1.55. The second kappa shape index (κ2) is 7.56. The van der Waals surface area contributed by atoms with E-state index in [1.165, 1.54) is 18.4 Å². The second-order valence-corrected chi connectivity index (χ2v) is 7.61. The molecule has 0 N–H and O–H groups in total. The summed E-state index contributed by atoms with van der Waals surface area (Å²) in [5.41, 5.74) is 1.34. The number of nitrogens with zero attached hydrogens (tertiary/aromatic N) is 2. The molecule has 2 aromatic rings. The summed E-state index contributed by atoms with van der Waals surface area (Å²) in [6.45, 7) is 4.36. The quantitative estimate of drug-likeness (QED) is 0.784. The molecule has 4 nitrogen and oxygen atoms in total. The van der Waals surface area contributed by atoms with Crippen molar-refractivity contribution in [1.82, 2.24) is 4.98 Å². The van der Waals surface area contributed by atoms with Crippen LogP contribution in [0.2, 0.25) is 0 Å². The highest BCUT2D eigenvalue weighted by Crippen LogP contribution is 2.39. The summed E-state index contributed by atoms with van der Waals surface area (Å²) in [4.78, 5) is 6.90. The summed E-state index contributed by atoms with van der Waals surface area (Å²) in [5.74, 6) is 3.87. The van der Waals surface area contributed by atoms with Crippen LogP contribution in [0.4, 0.5) is 5.82 Å². The van der Waals surface area contributed by atoms with Crippen molar-refractivity contribution in [3.63, 3.8) is 0 Å². The molecule has 0 bridgehead atoms. The van der Waals surface area contributed by atoms with Crippen molar-refractivity contribution < 1.29 is 9.47 Å². The minimum absolute atomic E-state index is 0.338. The monoisotopic (exact) mass is 352 g/mol. The van der Waals surface area contributed by atoms with Crippen molar-refractivity contribution in [2.24, 2.45) is 5.92 Å². The molecule has 1 aromatic heterocycles. The van der Waals surface area contributed by atoms with E-state index < -0.39 is 0 Å². The van der Waals surface area contributed by atoms with Crippen LogP contribution in [0.1, 0.15) is 44.1 Å². The number of rotatable bonds is 5. The molecule has 1 aliphatic carbocycles. The highest BCUT2D eigenvalue weighted by Gasteiger charge is 2.32. The molecule has 4 rings (SSSR count). The van der Waals surface area contributed by atoms with Gasteiger partial charge in [-0.1, -0.05) is 19.1 Å². The topological polar surface area (TPSA) is 34.6 Å². The van der Waals surface area contributed by atoms with Gasteiger partial charge in [-0.05, 0) is 61.4 Å². The third kappa shape index (κ3) is 3.50. The molecule has 0 radical (unpaired) electrons. The fourth-order valence-electron chi connectivity index (χ4n) is 4.33. The first-order valence-corrected chi connectivity index (χ1v) is 9.75. The normalized spacial score (nSPS) is 23.4. The number of hydrogen-bond donors (Lipinski definition) is 0. The van der Waals surface area contributed by atoms with Crippen LogP contribution in [0.25, 0.3) is 0 Å². The van der Waals surface area contributed by atoms with Crippen LogP contribution in [0.5, 0.6) is 11.5 Å². The minimum atomic E-state index is 0.338. The smallest absolute Gasteiger partial charge is 0.161 e. The number of hydrogen-bond acceptors (Lipinski definition) is 4. The first kappa shape index (κ1) is 17.2. The highest BCUT2D eigenvalue weighted by atomic mass is 16.5. The van der Waals surface area contributed by atoms with Gasteiger partial charge in [-0.15, -0.1) is 0 Å². The first-order chi connectivity index (χ1) is 12.7. The van der Waals surface area contributed by atoms with Crippen LogP contribution in [-0.2, 0) is 0 Å². The maximum absolute atomic E-state index is 6.29. The Hall–Kier alpha value is -2.23. The van der Waals surface area contributed by atoms with Crippen molar-refractivity contribution in [1.29, 1.82) is 0 Å². The molecule has 2 fully saturated rings.